The summed E-state index contributed by atoms with van der Waals surface area (Å²) in [6, 6.07) is 7.20. The van der Waals surface area contributed by atoms with Crippen LogP contribution in [-0.4, -0.2) is 49.9 Å². The van der Waals surface area contributed by atoms with Crippen LogP contribution in [0, 0.1) is 0 Å². The first-order chi connectivity index (χ1) is 9.68. The van der Waals surface area contributed by atoms with Crippen LogP contribution in [0.25, 0.3) is 0 Å². The Morgan fingerprint density at radius 3 is 2.33 bits per heavy atom. The van der Waals surface area contributed by atoms with Gasteiger partial charge in [-0.05, 0) is 29.5 Å². The van der Waals surface area contributed by atoms with Gasteiger partial charge in [-0.3, -0.25) is 4.90 Å². The zero-order valence-electron chi connectivity index (χ0n) is 13.0. The highest BCUT2D eigenvalue weighted by Gasteiger charge is 2.23. The van der Waals surface area contributed by atoms with Gasteiger partial charge in [-0.2, -0.15) is 0 Å². The molecule has 0 spiro atoms. The fourth-order valence-corrected chi connectivity index (χ4v) is 3.83. The lowest BCUT2D eigenvalue weighted by Gasteiger charge is -2.19. The summed E-state index contributed by atoms with van der Waals surface area (Å²) >= 11 is 0. The zero-order valence-corrected chi connectivity index (χ0v) is 13.9. The zero-order chi connectivity index (χ0) is 15.7. The van der Waals surface area contributed by atoms with Crippen LogP contribution >= 0.6 is 0 Å². The third kappa shape index (κ3) is 4.28. The quantitative estimate of drug-likeness (QED) is 0.921. The van der Waals surface area contributed by atoms with E-state index < -0.39 is 9.84 Å². The molecule has 1 heterocycles. The summed E-state index contributed by atoms with van der Waals surface area (Å²) in [6.45, 7) is 8.16. The second-order valence-corrected chi connectivity index (χ2v) is 8.95. The van der Waals surface area contributed by atoms with E-state index in [1.54, 1.807) is 12.1 Å². The van der Waals surface area contributed by atoms with Gasteiger partial charge in [-0.25, -0.2) is 8.42 Å². The van der Waals surface area contributed by atoms with Crippen molar-refractivity contribution >= 4 is 9.84 Å². The molecule has 0 radical (unpaired) electrons. The van der Waals surface area contributed by atoms with Crippen molar-refractivity contribution in [3.05, 3.63) is 29.8 Å². The fourth-order valence-electron chi connectivity index (χ4n) is 2.54. The van der Waals surface area contributed by atoms with Gasteiger partial charge in [-0.15, -0.1) is 0 Å². The summed E-state index contributed by atoms with van der Waals surface area (Å²) in [7, 11) is -3.25. The molecule has 0 aliphatic carbocycles. The van der Waals surface area contributed by atoms with E-state index in [4.69, 9.17) is 0 Å². The van der Waals surface area contributed by atoms with Crippen molar-refractivity contribution < 1.29 is 13.5 Å². The minimum absolute atomic E-state index is 0.0218. The molecule has 21 heavy (non-hydrogen) atoms. The maximum Gasteiger partial charge on any atom is 0.179 e. The maximum absolute atomic E-state index is 12.3. The topological polar surface area (TPSA) is 57.6 Å². The molecule has 1 fully saturated rings. The third-order valence-electron chi connectivity index (χ3n) is 4.00. The monoisotopic (exact) mass is 311 g/mol. The Labute approximate surface area is 127 Å². The highest BCUT2D eigenvalue weighted by atomic mass is 32.2. The smallest absolute Gasteiger partial charge is 0.179 e. The van der Waals surface area contributed by atoms with E-state index in [2.05, 4.69) is 20.8 Å². The van der Waals surface area contributed by atoms with E-state index >= 15 is 0 Å². The lowest BCUT2D eigenvalue weighted by atomic mass is 9.87. The molecule has 5 heteroatoms. The van der Waals surface area contributed by atoms with Gasteiger partial charge >= 0.3 is 0 Å². The van der Waals surface area contributed by atoms with Crippen molar-refractivity contribution in [1.82, 2.24) is 4.90 Å². The number of likely N-dealkylation sites (tertiary alicyclic amines) is 1. The molecule has 0 aromatic heterocycles. The number of rotatable bonds is 4. The average molecular weight is 311 g/mol. The number of aliphatic hydroxyl groups is 1. The van der Waals surface area contributed by atoms with E-state index in [-0.39, 0.29) is 17.3 Å². The molecule has 1 aromatic carbocycles. The van der Waals surface area contributed by atoms with Crippen LogP contribution in [0.4, 0.5) is 0 Å². The maximum atomic E-state index is 12.3. The van der Waals surface area contributed by atoms with Gasteiger partial charge < -0.3 is 5.11 Å². The van der Waals surface area contributed by atoms with Crippen molar-refractivity contribution in [2.75, 3.05) is 25.4 Å². The van der Waals surface area contributed by atoms with E-state index in [0.717, 1.165) is 18.5 Å². The summed E-state index contributed by atoms with van der Waals surface area (Å²) in [5.41, 5.74) is 1.15. The normalized spacial score (nSPS) is 20.9. The van der Waals surface area contributed by atoms with Crippen molar-refractivity contribution in [1.29, 1.82) is 0 Å². The third-order valence-corrected chi connectivity index (χ3v) is 5.71. The summed E-state index contributed by atoms with van der Waals surface area (Å²) < 4.78 is 24.7. The van der Waals surface area contributed by atoms with Gasteiger partial charge in [0.25, 0.3) is 0 Å². The van der Waals surface area contributed by atoms with Gasteiger partial charge in [0.2, 0.25) is 0 Å². The molecule has 0 bridgehead atoms. The highest BCUT2D eigenvalue weighted by Crippen LogP contribution is 2.23. The number of aliphatic hydroxyl groups excluding tert-OH is 1. The molecule has 1 N–H and O–H groups in total. The lowest BCUT2D eigenvalue weighted by Crippen LogP contribution is -2.28. The van der Waals surface area contributed by atoms with Crippen LogP contribution in [0.3, 0.4) is 0 Å². The molecule has 118 valence electrons. The summed E-state index contributed by atoms with van der Waals surface area (Å²) in [5.74, 6) is 0.106. The van der Waals surface area contributed by atoms with E-state index in [1.807, 2.05) is 17.0 Å². The van der Waals surface area contributed by atoms with Crippen LogP contribution < -0.4 is 0 Å². The predicted octanol–water partition coefficient (Wildman–Crippen LogP) is 1.82. The van der Waals surface area contributed by atoms with E-state index in [0.29, 0.717) is 18.0 Å². The first-order valence-corrected chi connectivity index (χ1v) is 9.07. The Bertz CT molecular complexity index is 573. The minimum Gasteiger partial charge on any atom is -0.392 e. The predicted molar refractivity (Wildman–Crippen MR) is 84.3 cm³/mol. The molecule has 4 nitrogen and oxygen atoms in total. The van der Waals surface area contributed by atoms with Crippen LogP contribution in [0.15, 0.2) is 29.2 Å². The van der Waals surface area contributed by atoms with E-state index in [9.17, 15) is 13.5 Å². The first kappa shape index (κ1) is 16.5. The first-order valence-electron chi connectivity index (χ1n) is 7.42. The Kier molecular flexibility index (Phi) is 4.76. The second-order valence-electron chi connectivity index (χ2n) is 6.84. The SMILES string of the molecule is CC(C)(C)c1ccc(S(=O)(=O)CCN2CC[C@@H](O)C2)cc1. The number of nitrogens with zero attached hydrogens (tertiary/aromatic N) is 1. The van der Waals surface area contributed by atoms with Gasteiger partial charge in [-0.1, -0.05) is 32.9 Å². The molecule has 1 aromatic rings. The Morgan fingerprint density at radius 1 is 1.24 bits per heavy atom. The molecule has 1 aliphatic rings. The molecular formula is C16H25NO3S. The molecular weight excluding hydrogens is 286 g/mol. The molecule has 0 saturated carbocycles. The van der Waals surface area contributed by atoms with Crippen molar-refractivity contribution in [3.63, 3.8) is 0 Å². The molecule has 1 aliphatic heterocycles. The summed E-state index contributed by atoms with van der Waals surface area (Å²) in [6.07, 6.45) is 0.430. The van der Waals surface area contributed by atoms with Gasteiger partial charge in [0.05, 0.1) is 16.8 Å². The van der Waals surface area contributed by atoms with Crippen molar-refractivity contribution in [2.24, 2.45) is 0 Å². The van der Waals surface area contributed by atoms with Crippen molar-refractivity contribution in [2.45, 2.75) is 43.6 Å². The molecule has 2 rings (SSSR count). The highest BCUT2D eigenvalue weighted by molar-refractivity contribution is 7.91. The van der Waals surface area contributed by atoms with Crippen molar-refractivity contribution in [3.8, 4) is 0 Å². The Morgan fingerprint density at radius 2 is 1.86 bits per heavy atom. The molecule has 0 amide bonds. The lowest BCUT2D eigenvalue weighted by molar-refractivity contribution is 0.178. The largest absolute Gasteiger partial charge is 0.392 e. The number of benzene rings is 1. The number of hydrogen-bond donors (Lipinski definition) is 1. The second kappa shape index (κ2) is 6.07. The molecule has 0 unspecified atom stereocenters. The molecule has 1 saturated heterocycles. The van der Waals surface area contributed by atoms with E-state index in [1.165, 1.54) is 0 Å². The van der Waals surface area contributed by atoms with Gasteiger partial charge in [0.1, 0.15) is 0 Å². The number of β-amino-alcohol motifs (C(OH)–C–C–N with tert-alkyl or cyclic N) is 1. The fraction of sp³-hybridized carbons (Fsp3) is 0.625. The van der Waals surface area contributed by atoms with Gasteiger partial charge in [0, 0.05) is 19.6 Å². The summed E-state index contributed by atoms with van der Waals surface area (Å²) in [4.78, 5) is 2.39. The molecule has 1 atom stereocenters. The average Bonchev–Trinajstić information content (AvgIpc) is 2.82. The standard InChI is InChI=1S/C16H25NO3S/c1-16(2,3)13-4-6-15(7-5-13)21(19,20)11-10-17-9-8-14(18)12-17/h4-7,14,18H,8-12H2,1-3H3/t14-/m1/s1. The summed E-state index contributed by atoms with van der Waals surface area (Å²) in [5, 5.41) is 9.46. The minimum atomic E-state index is -3.25. The number of sulfone groups is 1. The van der Waals surface area contributed by atoms with Gasteiger partial charge in [0.15, 0.2) is 9.84 Å². The Balaban J connectivity index is 2.02. The van der Waals surface area contributed by atoms with Crippen LogP contribution in [0.2, 0.25) is 0 Å². The Hall–Kier alpha value is -0.910. The van der Waals surface area contributed by atoms with Crippen LogP contribution in [0.5, 0.6) is 0 Å². The van der Waals surface area contributed by atoms with Crippen LogP contribution in [0.1, 0.15) is 32.8 Å². The van der Waals surface area contributed by atoms with Crippen LogP contribution in [-0.2, 0) is 15.3 Å². The number of hydrogen-bond acceptors (Lipinski definition) is 4.